The van der Waals surface area contributed by atoms with Crippen molar-refractivity contribution >= 4 is 12.2 Å². The first-order valence-corrected chi connectivity index (χ1v) is 4.95. The molecule has 1 heterocycles. The molecule has 4 nitrogen and oxygen atoms in total. The van der Waals surface area contributed by atoms with Gasteiger partial charge in [-0.05, 0) is 11.6 Å². The third-order valence-corrected chi connectivity index (χ3v) is 2.24. The zero-order valence-corrected chi connectivity index (χ0v) is 8.83. The molecule has 0 aliphatic carbocycles. The summed E-state index contributed by atoms with van der Waals surface area (Å²) in [6.45, 7) is 0. The van der Waals surface area contributed by atoms with E-state index in [1.165, 1.54) is 6.08 Å². The molecule has 0 aliphatic rings. The van der Waals surface area contributed by atoms with Gasteiger partial charge in [0.15, 0.2) is 11.5 Å². The van der Waals surface area contributed by atoms with E-state index in [9.17, 15) is 15.0 Å². The second kappa shape index (κ2) is 4.57. The van der Waals surface area contributed by atoms with Crippen molar-refractivity contribution in [3.05, 3.63) is 58.1 Å². The van der Waals surface area contributed by atoms with Crippen LogP contribution < -0.4 is 5.63 Å². The minimum Gasteiger partial charge on any atom is -0.504 e. The van der Waals surface area contributed by atoms with Crippen LogP contribution in [0.3, 0.4) is 0 Å². The van der Waals surface area contributed by atoms with E-state index in [2.05, 4.69) is 4.42 Å². The van der Waals surface area contributed by atoms with Crippen LogP contribution in [0.4, 0.5) is 0 Å². The molecule has 0 radical (unpaired) electrons. The molecular weight excluding hydrogens is 220 g/mol. The Balaban J connectivity index is 2.40. The molecule has 1 aromatic heterocycles. The van der Waals surface area contributed by atoms with Crippen molar-refractivity contribution < 1.29 is 14.6 Å². The molecule has 0 amide bonds. The van der Waals surface area contributed by atoms with Crippen molar-refractivity contribution in [1.82, 2.24) is 0 Å². The van der Waals surface area contributed by atoms with Gasteiger partial charge in [-0.15, -0.1) is 0 Å². The fourth-order valence-electron chi connectivity index (χ4n) is 1.35. The highest BCUT2D eigenvalue weighted by atomic mass is 16.4. The summed E-state index contributed by atoms with van der Waals surface area (Å²) in [4.78, 5) is 11.3. The van der Waals surface area contributed by atoms with Crippen LogP contribution in [0.5, 0.6) is 11.5 Å². The predicted molar refractivity (Wildman–Crippen MR) is 63.7 cm³/mol. The largest absolute Gasteiger partial charge is 0.504 e. The van der Waals surface area contributed by atoms with E-state index in [0.29, 0.717) is 0 Å². The molecular formula is C13H10O4. The number of rotatable bonds is 2. The summed E-state index contributed by atoms with van der Waals surface area (Å²) in [5.41, 5.74) is 0.0935. The fourth-order valence-corrected chi connectivity index (χ4v) is 1.35. The third-order valence-electron chi connectivity index (χ3n) is 2.24. The SMILES string of the molecule is O=c1occ(O)c(O)c1C=Cc1ccccc1. The lowest BCUT2D eigenvalue weighted by Crippen LogP contribution is -2.01. The van der Waals surface area contributed by atoms with E-state index in [1.807, 2.05) is 30.3 Å². The van der Waals surface area contributed by atoms with E-state index >= 15 is 0 Å². The highest BCUT2D eigenvalue weighted by Gasteiger charge is 2.09. The summed E-state index contributed by atoms with van der Waals surface area (Å²) in [5.74, 6) is -0.939. The predicted octanol–water partition coefficient (Wildman–Crippen LogP) is 2.22. The second-order valence-corrected chi connectivity index (χ2v) is 3.41. The van der Waals surface area contributed by atoms with E-state index < -0.39 is 17.1 Å². The van der Waals surface area contributed by atoms with Gasteiger partial charge in [0.25, 0.3) is 0 Å². The molecule has 2 N–H and O–H groups in total. The van der Waals surface area contributed by atoms with Crippen LogP contribution >= 0.6 is 0 Å². The number of benzene rings is 1. The van der Waals surface area contributed by atoms with Crippen LogP contribution in [0, 0.1) is 0 Å². The first-order valence-electron chi connectivity index (χ1n) is 4.95. The van der Waals surface area contributed by atoms with Gasteiger partial charge in [0.2, 0.25) is 0 Å². The van der Waals surface area contributed by atoms with Gasteiger partial charge in [0.05, 0.1) is 0 Å². The minimum absolute atomic E-state index is 0.0751. The molecule has 0 bridgehead atoms. The van der Waals surface area contributed by atoms with Gasteiger partial charge in [-0.25, -0.2) is 4.79 Å². The van der Waals surface area contributed by atoms with Crippen molar-refractivity contribution in [2.24, 2.45) is 0 Å². The Morgan fingerprint density at radius 2 is 1.76 bits per heavy atom. The Hall–Kier alpha value is -2.49. The first kappa shape index (κ1) is 11.0. The van der Waals surface area contributed by atoms with Crippen LogP contribution in [0.15, 0.2) is 45.8 Å². The quantitative estimate of drug-likeness (QED) is 0.829. The third kappa shape index (κ3) is 2.36. The average Bonchev–Trinajstić information content (AvgIpc) is 2.35. The van der Waals surface area contributed by atoms with Gasteiger partial charge in [0, 0.05) is 0 Å². The summed E-state index contributed by atoms with van der Waals surface area (Å²) in [6.07, 6.45) is 3.85. The van der Waals surface area contributed by atoms with Gasteiger partial charge in [-0.2, -0.15) is 0 Å². The zero-order chi connectivity index (χ0) is 12.3. The van der Waals surface area contributed by atoms with Gasteiger partial charge in [-0.3, -0.25) is 0 Å². The van der Waals surface area contributed by atoms with Gasteiger partial charge in [0.1, 0.15) is 11.8 Å². The van der Waals surface area contributed by atoms with Gasteiger partial charge >= 0.3 is 5.63 Å². The maximum atomic E-state index is 11.3. The van der Waals surface area contributed by atoms with Gasteiger partial charge < -0.3 is 14.6 Å². The highest BCUT2D eigenvalue weighted by molar-refractivity contribution is 5.72. The number of aromatic hydroxyl groups is 2. The summed E-state index contributed by atoms with van der Waals surface area (Å²) in [6, 6.07) is 9.27. The molecule has 2 rings (SSSR count). The van der Waals surface area contributed by atoms with Crippen LogP contribution in [0.1, 0.15) is 11.1 Å². The molecule has 0 saturated heterocycles. The second-order valence-electron chi connectivity index (χ2n) is 3.41. The fraction of sp³-hybridized carbons (Fsp3) is 0. The number of hydrogen-bond acceptors (Lipinski definition) is 4. The Bertz CT molecular complexity index is 597. The molecule has 86 valence electrons. The summed E-state index contributed by atoms with van der Waals surface area (Å²) in [5, 5.41) is 18.7. The lowest BCUT2D eigenvalue weighted by Gasteiger charge is -1.98. The molecule has 0 fully saturated rings. The standard InChI is InChI=1S/C13H10O4/c14-11-8-17-13(16)10(12(11)15)7-6-9-4-2-1-3-5-9/h1-8,14-15H. The smallest absolute Gasteiger partial charge is 0.347 e. The lowest BCUT2D eigenvalue weighted by atomic mass is 10.1. The summed E-state index contributed by atoms with van der Waals surface area (Å²) >= 11 is 0. The Kier molecular flexibility index (Phi) is 2.96. The van der Waals surface area contributed by atoms with Crippen molar-refractivity contribution in [3.63, 3.8) is 0 Å². The molecule has 0 unspecified atom stereocenters. The van der Waals surface area contributed by atoms with Crippen LogP contribution in [0.25, 0.3) is 12.2 Å². The Morgan fingerprint density at radius 1 is 1.06 bits per heavy atom. The molecule has 0 saturated carbocycles. The van der Waals surface area contributed by atoms with Crippen molar-refractivity contribution in [2.75, 3.05) is 0 Å². The van der Waals surface area contributed by atoms with Crippen molar-refractivity contribution in [3.8, 4) is 11.5 Å². The minimum atomic E-state index is -0.701. The normalized spacial score (nSPS) is 10.8. The first-order chi connectivity index (χ1) is 8.18. The van der Waals surface area contributed by atoms with Gasteiger partial charge in [-0.1, -0.05) is 36.4 Å². The lowest BCUT2D eigenvalue weighted by molar-refractivity contribution is 0.369. The highest BCUT2D eigenvalue weighted by Crippen LogP contribution is 2.26. The van der Waals surface area contributed by atoms with Crippen LogP contribution in [-0.4, -0.2) is 10.2 Å². The van der Waals surface area contributed by atoms with Crippen LogP contribution in [0.2, 0.25) is 0 Å². The zero-order valence-electron chi connectivity index (χ0n) is 8.83. The van der Waals surface area contributed by atoms with E-state index in [4.69, 9.17) is 0 Å². The van der Waals surface area contributed by atoms with E-state index in [0.717, 1.165) is 11.8 Å². The summed E-state index contributed by atoms with van der Waals surface area (Å²) < 4.78 is 4.54. The molecule has 4 heteroatoms. The molecule has 0 atom stereocenters. The molecule has 17 heavy (non-hydrogen) atoms. The Morgan fingerprint density at radius 3 is 2.47 bits per heavy atom. The van der Waals surface area contributed by atoms with Crippen molar-refractivity contribution in [1.29, 1.82) is 0 Å². The average molecular weight is 230 g/mol. The molecule has 1 aromatic carbocycles. The van der Waals surface area contributed by atoms with Crippen LogP contribution in [-0.2, 0) is 0 Å². The Labute approximate surface area is 97.1 Å². The monoisotopic (exact) mass is 230 g/mol. The maximum Gasteiger partial charge on any atom is 0.347 e. The van der Waals surface area contributed by atoms with E-state index in [-0.39, 0.29) is 5.56 Å². The summed E-state index contributed by atoms with van der Waals surface area (Å²) in [7, 11) is 0. The molecule has 2 aromatic rings. The maximum absolute atomic E-state index is 11.3. The number of hydrogen-bond donors (Lipinski definition) is 2. The molecule has 0 spiro atoms. The van der Waals surface area contributed by atoms with Crippen molar-refractivity contribution in [2.45, 2.75) is 0 Å². The topological polar surface area (TPSA) is 70.7 Å². The molecule has 0 aliphatic heterocycles. The van der Waals surface area contributed by atoms with E-state index in [1.54, 1.807) is 6.08 Å².